The van der Waals surface area contributed by atoms with Gasteiger partial charge in [-0.1, -0.05) is 11.6 Å². The number of hydrogen-bond acceptors (Lipinski definition) is 3. The second-order valence-corrected chi connectivity index (χ2v) is 3.05. The number of nitriles is 1. The van der Waals surface area contributed by atoms with Crippen LogP contribution in [0.4, 0.5) is 0 Å². The number of halogens is 1. The lowest BCUT2D eigenvalue weighted by atomic mass is 10.2. The summed E-state index contributed by atoms with van der Waals surface area (Å²) in [6.07, 6.45) is 3.10. The number of aromatic nitrogens is 3. The van der Waals surface area contributed by atoms with Crippen molar-refractivity contribution in [3.05, 3.63) is 41.4 Å². The summed E-state index contributed by atoms with van der Waals surface area (Å²) in [6, 6.07) is 7.07. The molecule has 0 unspecified atom stereocenters. The van der Waals surface area contributed by atoms with Crippen molar-refractivity contribution in [2.24, 2.45) is 0 Å². The van der Waals surface area contributed by atoms with Crippen LogP contribution in [0.25, 0.3) is 5.69 Å². The van der Waals surface area contributed by atoms with Crippen molar-refractivity contribution in [3.8, 4) is 11.8 Å². The van der Waals surface area contributed by atoms with Gasteiger partial charge >= 0.3 is 0 Å². The zero-order valence-corrected chi connectivity index (χ0v) is 7.81. The summed E-state index contributed by atoms with van der Waals surface area (Å²) < 4.78 is 1.68. The molecule has 0 aliphatic carbocycles. The monoisotopic (exact) mass is 204 g/mol. The zero-order valence-electron chi connectivity index (χ0n) is 7.05. The van der Waals surface area contributed by atoms with E-state index in [1.165, 1.54) is 0 Å². The lowest BCUT2D eigenvalue weighted by molar-refractivity contribution is 1.06. The molecule has 0 saturated carbocycles. The normalized spacial score (nSPS) is 9.71. The average molecular weight is 205 g/mol. The Bertz CT molecular complexity index is 484. The Morgan fingerprint density at radius 3 is 2.57 bits per heavy atom. The van der Waals surface area contributed by atoms with Gasteiger partial charge in [-0.2, -0.15) is 5.26 Å². The smallest absolute Gasteiger partial charge is 0.123 e. The topological polar surface area (TPSA) is 54.5 Å². The SMILES string of the molecule is N#Cc1ccc(-n2cnnc2)c(Cl)c1. The second-order valence-electron chi connectivity index (χ2n) is 2.65. The minimum atomic E-state index is 0.504. The van der Waals surface area contributed by atoms with Crippen LogP contribution in [-0.4, -0.2) is 14.8 Å². The van der Waals surface area contributed by atoms with Gasteiger partial charge in [0, 0.05) is 0 Å². The third kappa shape index (κ3) is 1.45. The van der Waals surface area contributed by atoms with Crippen molar-refractivity contribution in [1.29, 1.82) is 5.26 Å². The number of rotatable bonds is 1. The molecule has 0 spiro atoms. The first-order valence-corrected chi connectivity index (χ1v) is 4.23. The summed E-state index contributed by atoms with van der Waals surface area (Å²) in [7, 11) is 0. The molecule has 0 atom stereocenters. The van der Waals surface area contributed by atoms with Gasteiger partial charge in [-0.3, -0.25) is 4.57 Å². The fourth-order valence-electron chi connectivity index (χ4n) is 1.11. The fourth-order valence-corrected chi connectivity index (χ4v) is 1.39. The Hall–Kier alpha value is -1.86. The lowest BCUT2D eigenvalue weighted by Crippen LogP contribution is -1.91. The maximum atomic E-state index is 8.64. The summed E-state index contributed by atoms with van der Waals surface area (Å²) in [6.45, 7) is 0. The Labute approximate surface area is 85.4 Å². The predicted molar refractivity (Wildman–Crippen MR) is 51.1 cm³/mol. The number of nitrogens with zero attached hydrogens (tertiary/aromatic N) is 4. The predicted octanol–water partition coefficient (Wildman–Crippen LogP) is 1.79. The molecule has 14 heavy (non-hydrogen) atoms. The van der Waals surface area contributed by atoms with Gasteiger partial charge in [0.2, 0.25) is 0 Å². The highest BCUT2D eigenvalue weighted by Gasteiger charge is 2.03. The molecule has 0 aliphatic rings. The van der Waals surface area contributed by atoms with Crippen molar-refractivity contribution in [2.75, 3.05) is 0 Å². The summed E-state index contributed by atoms with van der Waals surface area (Å²) in [5.74, 6) is 0. The Morgan fingerprint density at radius 1 is 1.29 bits per heavy atom. The van der Waals surface area contributed by atoms with Crippen LogP contribution in [0, 0.1) is 11.3 Å². The quantitative estimate of drug-likeness (QED) is 0.712. The largest absolute Gasteiger partial charge is 0.287 e. The highest BCUT2D eigenvalue weighted by Crippen LogP contribution is 2.20. The van der Waals surface area contributed by atoms with Gasteiger partial charge in [0.1, 0.15) is 12.7 Å². The van der Waals surface area contributed by atoms with Gasteiger partial charge in [0.15, 0.2) is 0 Å². The van der Waals surface area contributed by atoms with E-state index in [2.05, 4.69) is 10.2 Å². The molecule has 5 heteroatoms. The van der Waals surface area contributed by atoms with Crippen molar-refractivity contribution in [2.45, 2.75) is 0 Å². The highest BCUT2D eigenvalue weighted by atomic mass is 35.5. The lowest BCUT2D eigenvalue weighted by Gasteiger charge is -2.03. The van der Waals surface area contributed by atoms with E-state index in [9.17, 15) is 0 Å². The minimum Gasteiger partial charge on any atom is -0.287 e. The zero-order chi connectivity index (χ0) is 9.97. The van der Waals surface area contributed by atoms with Gasteiger partial charge in [0.25, 0.3) is 0 Å². The van der Waals surface area contributed by atoms with Crippen LogP contribution in [0.2, 0.25) is 5.02 Å². The Kier molecular flexibility index (Phi) is 2.17. The molecule has 0 saturated heterocycles. The average Bonchev–Trinajstić information content (AvgIpc) is 2.70. The molecule has 2 aromatic rings. The highest BCUT2D eigenvalue weighted by molar-refractivity contribution is 6.32. The van der Waals surface area contributed by atoms with Crippen molar-refractivity contribution >= 4 is 11.6 Å². The second kappa shape index (κ2) is 3.48. The first-order valence-electron chi connectivity index (χ1n) is 3.86. The van der Waals surface area contributed by atoms with Crippen molar-refractivity contribution in [1.82, 2.24) is 14.8 Å². The van der Waals surface area contributed by atoms with Crippen LogP contribution in [0.15, 0.2) is 30.9 Å². The van der Waals surface area contributed by atoms with Crippen LogP contribution in [-0.2, 0) is 0 Å². The van der Waals surface area contributed by atoms with Crippen molar-refractivity contribution < 1.29 is 0 Å². The summed E-state index contributed by atoms with van der Waals surface area (Å²) in [4.78, 5) is 0. The molecule has 0 N–H and O–H groups in total. The van der Waals surface area contributed by atoms with Crippen LogP contribution in [0.5, 0.6) is 0 Å². The molecule has 0 bridgehead atoms. The molecule has 0 amide bonds. The molecule has 2 rings (SSSR count). The Morgan fingerprint density at radius 2 is 2.00 bits per heavy atom. The van der Waals surface area contributed by atoms with Crippen LogP contribution in [0.1, 0.15) is 5.56 Å². The van der Waals surface area contributed by atoms with Crippen LogP contribution < -0.4 is 0 Å². The molecule has 4 nitrogen and oxygen atoms in total. The fraction of sp³-hybridized carbons (Fsp3) is 0. The molecule has 68 valence electrons. The van der Waals surface area contributed by atoms with E-state index in [0.29, 0.717) is 10.6 Å². The first kappa shape index (κ1) is 8.73. The van der Waals surface area contributed by atoms with Crippen molar-refractivity contribution in [3.63, 3.8) is 0 Å². The molecule has 1 aromatic heterocycles. The first-order chi connectivity index (χ1) is 6.81. The molecule has 1 aromatic carbocycles. The molecule has 0 fully saturated rings. The van der Waals surface area contributed by atoms with E-state index >= 15 is 0 Å². The van der Waals surface area contributed by atoms with Crippen LogP contribution >= 0.6 is 11.6 Å². The molecule has 0 aliphatic heterocycles. The van der Waals surface area contributed by atoms with Crippen LogP contribution in [0.3, 0.4) is 0 Å². The van der Waals surface area contributed by atoms with Gasteiger partial charge in [-0.05, 0) is 18.2 Å². The summed E-state index contributed by atoms with van der Waals surface area (Å²) in [5, 5.41) is 16.5. The maximum absolute atomic E-state index is 8.64. The van der Waals surface area contributed by atoms with E-state index in [1.54, 1.807) is 35.4 Å². The molecular formula is C9H5ClN4. The number of benzene rings is 1. The molecule has 0 radical (unpaired) electrons. The van der Waals surface area contributed by atoms with Gasteiger partial charge < -0.3 is 0 Å². The maximum Gasteiger partial charge on any atom is 0.123 e. The molecular weight excluding hydrogens is 200 g/mol. The summed E-state index contributed by atoms with van der Waals surface area (Å²) in [5.41, 5.74) is 1.29. The van der Waals surface area contributed by atoms with Gasteiger partial charge in [-0.15, -0.1) is 10.2 Å². The summed E-state index contributed by atoms with van der Waals surface area (Å²) >= 11 is 5.97. The third-order valence-corrected chi connectivity index (χ3v) is 2.08. The van der Waals surface area contributed by atoms with E-state index in [4.69, 9.17) is 16.9 Å². The standard InChI is InChI=1S/C9H5ClN4/c10-8-3-7(4-11)1-2-9(8)14-5-12-13-6-14/h1-3,5-6H. The third-order valence-electron chi connectivity index (χ3n) is 1.77. The van der Waals surface area contributed by atoms with Gasteiger partial charge in [-0.25, -0.2) is 0 Å². The van der Waals surface area contributed by atoms with Gasteiger partial charge in [0.05, 0.1) is 22.3 Å². The van der Waals surface area contributed by atoms with E-state index < -0.39 is 0 Å². The number of hydrogen-bond donors (Lipinski definition) is 0. The Balaban J connectivity index is 2.52. The minimum absolute atomic E-state index is 0.504. The molecule has 1 heterocycles. The van der Waals surface area contributed by atoms with E-state index in [1.807, 2.05) is 6.07 Å². The van der Waals surface area contributed by atoms with E-state index in [-0.39, 0.29) is 0 Å². The van der Waals surface area contributed by atoms with E-state index in [0.717, 1.165) is 5.69 Å².